The Morgan fingerprint density at radius 1 is 1.11 bits per heavy atom. The highest BCUT2D eigenvalue weighted by Crippen LogP contribution is 2.20. The molecule has 1 aromatic heterocycles. The van der Waals surface area contributed by atoms with Crippen LogP contribution in [-0.2, 0) is 0 Å². The Hall–Kier alpha value is -2.71. The summed E-state index contributed by atoms with van der Waals surface area (Å²) in [7, 11) is 0. The molecule has 1 saturated heterocycles. The molecular weight excluding hydrogens is 379 g/mol. The average molecular weight is 400 g/mol. The molecule has 146 valence electrons. The predicted molar refractivity (Wildman–Crippen MR) is 108 cm³/mol. The molecule has 28 heavy (non-hydrogen) atoms. The van der Waals surface area contributed by atoms with Gasteiger partial charge in [0, 0.05) is 32.7 Å². The SMILES string of the molecule is O=C(c1cc(F)cc2[nH]c(=S)[nH]c12)N1CCN(CCOc2ccccc2)CC1. The fourth-order valence-electron chi connectivity index (χ4n) is 3.43. The first kappa shape index (κ1) is 18.6. The van der Waals surface area contributed by atoms with Crippen LogP contribution in [0.2, 0.25) is 0 Å². The molecule has 6 nitrogen and oxygen atoms in total. The van der Waals surface area contributed by atoms with Gasteiger partial charge < -0.3 is 19.6 Å². The Morgan fingerprint density at radius 2 is 1.86 bits per heavy atom. The summed E-state index contributed by atoms with van der Waals surface area (Å²) < 4.78 is 20.0. The van der Waals surface area contributed by atoms with Crippen LogP contribution in [0.1, 0.15) is 10.4 Å². The van der Waals surface area contributed by atoms with Crippen LogP contribution in [0.25, 0.3) is 11.0 Å². The number of piperazine rings is 1. The number of para-hydroxylation sites is 1. The third-order valence-electron chi connectivity index (χ3n) is 4.90. The van der Waals surface area contributed by atoms with E-state index < -0.39 is 5.82 Å². The molecule has 0 spiro atoms. The largest absolute Gasteiger partial charge is 0.492 e. The van der Waals surface area contributed by atoms with Gasteiger partial charge in [0.2, 0.25) is 0 Å². The maximum Gasteiger partial charge on any atom is 0.256 e. The molecule has 1 fully saturated rings. The minimum atomic E-state index is -0.460. The standard InChI is InChI=1S/C20H21FN4O2S/c21-14-12-16(18-17(13-14)22-20(28)23-18)19(26)25-8-6-24(7-9-25)10-11-27-15-4-2-1-3-5-15/h1-5,12-13H,6-11H2,(H2,22,23,28). The topological polar surface area (TPSA) is 64.4 Å². The lowest BCUT2D eigenvalue weighted by molar-refractivity contribution is 0.0621. The maximum atomic E-state index is 13.9. The number of carbonyl (C=O) groups is 1. The lowest BCUT2D eigenvalue weighted by Crippen LogP contribution is -2.49. The summed E-state index contributed by atoms with van der Waals surface area (Å²) in [6.45, 7) is 4.09. The monoisotopic (exact) mass is 400 g/mol. The van der Waals surface area contributed by atoms with Crippen LogP contribution in [0.4, 0.5) is 4.39 Å². The van der Waals surface area contributed by atoms with Crippen LogP contribution >= 0.6 is 12.2 Å². The van der Waals surface area contributed by atoms with Gasteiger partial charge in [-0.3, -0.25) is 9.69 Å². The number of fused-ring (bicyclic) bond motifs is 1. The zero-order valence-corrected chi connectivity index (χ0v) is 16.1. The quantitative estimate of drug-likeness (QED) is 0.646. The average Bonchev–Trinajstić information content (AvgIpc) is 3.08. The van der Waals surface area contributed by atoms with E-state index in [4.69, 9.17) is 17.0 Å². The Bertz CT molecular complexity index is 1030. The van der Waals surface area contributed by atoms with Gasteiger partial charge in [-0.2, -0.15) is 0 Å². The van der Waals surface area contributed by atoms with Gasteiger partial charge in [-0.25, -0.2) is 4.39 Å². The molecule has 3 aromatic rings. The molecule has 1 amide bonds. The normalized spacial score (nSPS) is 15.1. The number of nitrogens with one attached hydrogen (secondary N) is 2. The molecule has 2 heterocycles. The number of benzene rings is 2. The smallest absolute Gasteiger partial charge is 0.256 e. The van der Waals surface area contributed by atoms with Crippen LogP contribution < -0.4 is 4.74 Å². The van der Waals surface area contributed by atoms with Gasteiger partial charge in [-0.1, -0.05) is 18.2 Å². The number of nitrogens with zero attached hydrogens (tertiary/aromatic N) is 2. The van der Waals surface area contributed by atoms with E-state index in [0.29, 0.717) is 41.1 Å². The van der Waals surface area contributed by atoms with Crippen LogP contribution in [0.3, 0.4) is 0 Å². The van der Waals surface area contributed by atoms with Gasteiger partial charge in [-0.05, 0) is 36.5 Å². The number of amides is 1. The summed E-state index contributed by atoms with van der Waals surface area (Å²) in [5.41, 5.74) is 1.36. The predicted octanol–water partition coefficient (Wildman–Crippen LogP) is 3.20. The number of imidazole rings is 1. The first-order chi connectivity index (χ1) is 13.6. The molecule has 1 aliphatic rings. The Balaban J connectivity index is 1.35. The number of halogens is 1. The van der Waals surface area contributed by atoms with E-state index in [2.05, 4.69) is 14.9 Å². The van der Waals surface area contributed by atoms with Crippen molar-refractivity contribution in [1.82, 2.24) is 19.8 Å². The number of H-pyrrole nitrogens is 2. The van der Waals surface area contributed by atoms with E-state index in [0.717, 1.165) is 25.4 Å². The molecule has 0 unspecified atom stereocenters. The van der Waals surface area contributed by atoms with Gasteiger partial charge in [0.05, 0.1) is 16.6 Å². The summed E-state index contributed by atoms with van der Waals surface area (Å²) in [6.07, 6.45) is 0. The molecule has 0 aliphatic carbocycles. The molecule has 0 saturated carbocycles. The van der Waals surface area contributed by atoms with Crippen molar-refractivity contribution in [3.63, 3.8) is 0 Å². The second-order valence-electron chi connectivity index (χ2n) is 6.75. The van der Waals surface area contributed by atoms with Crippen molar-refractivity contribution in [2.45, 2.75) is 0 Å². The van der Waals surface area contributed by atoms with E-state index in [-0.39, 0.29) is 5.91 Å². The second kappa shape index (κ2) is 8.12. The van der Waals surface area contributed by atoms with E-state index in [9.17, 15) is 9.18 Å². The summed E-state index contributed by atoms with van der Waals surface area (Å²) in [6, 6.07) is 12.3. The van der Waals surface area contributed by atoms with Gasteiger partial charge in [0.25, 0.3) is 5.91 Å². The number of rotatable bonds is 5. The summed E-state index contributed by atoms with van der Waals surface area (Å²) in [4.78, 5) is 22.8. The molecular formula is C20H21FN4O2S. The van der Waals surface area contributed by atoms with E-state index in [1.165, 1.54) is 12.1 Å². The fraction of sp³-hybridized carbons (Fsp3) is 0.300. The third kappa shape index (κ3) is 4.07. The van der Waals surface area contributed by atoms with E-state index in [1.54, 1.807) is 4.90 Å². The summed E-state index contributed by atoms with van der Waals surface area (Å²) >= 11 is 5.07. The number of hydrogen-bond donors (Lipinski definition) is 2. The van der Waals surface area contributed by atoms with Crippen molar-refractivity contribution < 1.29 is 13.9 Å². The first-order valence-electron chi connectivity index (χ1n) is 9.21. The first-order valence-corrected chi connectivity index (χ1v) is 9.62. The van der Waals surface area contributed by atoms with Crippen molar-refractivity contribution in [2.75, 3.05) is 39.3 Å². The zero-order valence-electron chi connectivity index (χ0n) is 15.3. The Labute approximate surface area is 166 Å². The van der Waals surface area contributed by atoms with Gasteiger partial charge in [0.15, 0.2) is 4.77 Å². The molecule has 2 aromatic carbocycles. The Morgan fingerprint density at radius 3 is 2.61 bits per heavy atom. The van der Waals surface area contributed by atoms with Crippen LogP contribution in [0.5, 0.6) is 5.75 Å². The number of aromatic nitrogens is 2. The number of hydrogen-bond acceptors (Lipinski definition) is 4. The highest BCUT2D eigenvalue weighted by Gasteiger charge is 2.24. The van der Waals surface area contributed by atoms with Crippen LogP contribution in [-0.4, -0.2) is 65.0 Å². The third-order valence-corrected chi connectivity index (χ3v) is 5.10. The second-order valence-corrected chi connectivity index (χ2v) is 7.16. The highest BCUT2D eigenvalue weighted by molar-refractivity contribution is 7.71. The maximum absolute atomic E-state index is 13.9. The van der Waals surface area contributed by atoms with E-state index in [1.807, 2.05) is 30.3 Å². The molecule has 4 rings (SSSR count). The molecule has 2 N–H and O–H groups in total. The summed E-state index contributed by atoms with van der Waals surface area (Å²) in [5.74, 6) is 0.211. The van der Waals surface area contributed by atoms with Gasteiger partial charge in [0.1, 0.15) is 18.2 Å². The number of ether oxygens (including phenoxy) is 1. The lowest BCUT2D eigenvalue weighted by Gasteiger charge is -2.34. The fourth-order valence-corrected chi connectivity index (χ4v) is 3.64. The zero-order chi connectivity index (χ0) is 19.5. The van der Waals surface area contributed by atoms with Crippen molar-refractivity contribution in [3.8, 4) is 5.75 Å². The van der Waals surface area contributed by atoms with Gasteiger partial charge in [-0.15, -0.1) is 0 Å². The number of carbonyl (C=O) groups excluding carboxylic acids is 1. The lowest BCUT2D eigenvalue weighted by atomic mass is 10.1. The summed E-state index contributed by atoms with van der Waals surface area (Å²) in [5, 5.41) is 0. The molecule has 1 aliphatic heterocycles. The molecule has 0 atom stereocenters. The highest BCUT2D eigenvalue weighted by atomic mass is 32.1. The van der Waals surface area contributed by atoms with Crippen molar-refractivity contribution in [3.05, 3.63) is 58.6 Å². The number of aromatic amines is 2. The van der Waals surface area contributed by atoms with Crippen molar-refractivity contribution >= 4 is 29.2 Å². The molecule has 8 heteroatoms. The van der Waals surface area contributed by atoms with Crippen molar-refractivity contribution in [2.24, 2.45) is 0 Å². The minimum Gasteiger partial charge on any atom is -0.492 e. The van der Waals surface area contributed by atoms with Crippen LogP contribution in [0.15, 0.2) is 42.5 Å². The van der Waals surface area contributed by atoms with Crippen molar-refractivity contribution in [1.29, 1.82) is 0 Å². The molecule has 0 bridgehead atoms. The van der Waals surface area contributed by atoms with Gasteiger partial charge >= 0.3 is 0 Å². The molecule has 0 radical (unpaired) electrons. The van der Waals surface area contributed by atoms with E-state index >= 15 is 0 Å². The minimum absolute atomic E-state index is 0.185. The Kier molecular flexibility index (Phi) is 5.40. The van der Waals surface area contributed by atoms with Crippen LogP contribution in [0, 0.1) is 10.6 Å².